The van der Waals surface area contributed by atoms with Crippen LogP contribution < -0.4 is 5.32 Å². The molecule has 3 heterocycles. The highest BCUT2D eigenvalue weighted by molar-refractivity contribution is 5.92. The minimum Gasteiger partial charge on any atom is -0.465 e. The monoisotopic (exact) mass is 300 g/mol. The third-order valence-electron chi connectivity index (χ3n) is 4.44. The number of hydrogen-bond donors (Lipinski definition) is 3. The van der Waals surface area contributed by atoms with Crippen LogP contribution in [0.1, 0.15) is 37.3 Å². The van der Waals surface area contributed by atoms with Gasteiger partial charge in [-0.3, -0.25) is 0 Å². The first-order chi connectivity index (χ1) is 10.7. The molecule has 0 saturated heterocycles. The molecule has 0 unspecified atom stereocenters. The molecular formula is C14H16N6O2. The molecule has 0 radical (unpaired) electrons. The number of carbonyl (C=O) groups is 1. The average molecular weight is 300 g/mol. The Balaban J connectivity index is 1.65. The molecule has 1 saturated carbocycles. The molecule has 1 amide bonds. The van der Waals surface area contributed by atoms with Gasteiger partial charge >= 0.3 is 6.09 Å². The van der Waals surface area contributed by atoms with E-state index in [1.54, 1.807) is 10.8 Å². The average Bonchev–Trinajstić information content (AvgIpc) is 3.13. The summed E-state index contributed by atoms with van der Waals surface area (Å²) in [5.41, 5.74) is 2.82. The molecule has 3 aromatic rings. The number of amides is 1. The summed E-state index contributed by atoms with van der Waals surface area (Å²) >= 11 is 0. The van der Waals surface area contributed by atoms with Crippen molar-refractivity contribution in [2.24, 2.45) is 0 Å². The number of carboxylic acid groups (broad SMARTS) is 1. The number of nitrogens with zero attached hydrogens (tertiary/aromatic N) is 4. The summed E-state index contributed by atoms with van der Waals surface area (Å²) in [5, 5.41) is 20.9. The Hall–Kier alpha value is -2.64. The molecule has 1 fully saturated rings. The first-order valence-electron chi connectivity index (χ1n) is 7.39. The highest BCUT2D eigenvalue weighted by atomic mass is 16.4. The SMILES string of the molecule is O=C(O)N[C@H]1CC[C@H](c2nnn3cnc4[nH]ccc4c23)CC1. The third-order valence-corrected chi connectivity index (χ3v) is 4.44. The summed E-state index contributed by atoms with van der Waals surface area (Å²) in [6.07, 6.45) is 6.07. The first kappa shape index (κ1) is 13.1. The van der Waals surface area contributed by atoms with Gasteiger partial charge in [0.25, 0.3) is 0 Å². The molecule has 0 atom stereocenters. The predicted molar refractivity (Wildman–Crippen MR) is 78.8 cm³/mol. The van der Waals surface area contributed by atoms with Gasteiger partial charge in [0.1, 0.15) is 17.5 Å². The molecule has 0 bridgehead atoms. The lowest BCUT2D eigenvalue weighted by atomic mass is 9.83. The summed E-state index contributed by atoms with van der Waals surface area (Å²) in [4.78, 5) is 18.1. The fourth-order valence-electron chi connectivity index (χ4n) is 3.38. The zero-order chi connectivity index (χ0) is 15.1. The van der Waals surface area contributed by atoms with Crippen LogP contribution in [0.15, 0.2) is 18.6 Å². The quantitative estimate of drug-likeness (QED) is 0.670. The molecule has 0 aromatic carbocycles. The normalized spacial score (nSPS) is 22.2. The van der Waals surface area contributed by atoms with Crippen LogP contribution in [0.25, 0.3) is 16.6 Å². The van der Waals surface area contributed by atoms with Gasteiger partial charge in [-0.1, -0.05) is 5.21 Å². The Kier molecular flexibility index (Phi) is 2.95. The molecule has 114 valence electrons. The second kappa shape index (κ2) is 4.97. The number of fused-ring (bicyclic) bond motifs is 3. The second-order valence-corrected chi connectivity index (χ2v) is 5.75. The lowest BCUT2D eigenvalue weighted by Crippen LogP contribution is -2.36. The number of aromatic amines is 1. The highest BCUT2D eigenvalue weighted by Crippen LogP contribution is 2.35. The van der Waals surface area contributed by atoms with Crippen molar-refractivity contribution in [3.05, 3.63) is 24.3 Å². The van der Waals surface area contributed by atoms with Crippen LogP contribution in [0.3, 0.4) is 0 Å². The Morgan fingerprint density at radius 1 is 1.36 bits per heavy atom. The molecular weight excluding hydrogens is 284 g/mol. The molecule has 3 aromatic heterocycles. The van der Waals surface area contributed by atoms with Crippen LogP contribution >= 0.6 is 0 Å². The van der Waals surface area contributed by atoms with Gasteiger partial charge in [0, 0.05) is 23.5 Å². The van der Waals surface area contributed by atoms with Crippen molar-refractivity contribution in [2.75, 3.05) is 0 Å². The Morgan fingerprint density at radius 3 is 2.95 bits per heavy atom. The summed E-state index contributed by atoms with van der Waals surface area (Å²) in [6.45, 7) is 0. The van der Waals surface area contributed by atoms with Gasteiger partial charge in [0.05, 0.1) is 5.69 Å². The molecule has 0 aliphatic heterocycles. The third kappa shape index (κ3) is 2.07. The van der Waals surface area contributed by atoms with E-state index in [1.165, 1.54) is 0 Å². The lowest BCUT2D eigenvalue weighted by molar-refractivity contribution is 0.185. The molecule has 8 heteroatoms. The molecule has 3 N–H and O–H groups in total. The second-order valence-electron chi connectivity index (χ2n) is 5.75. The molecule has 22 heavy (non-hydrogen) atoms. The van der Waals surface area contributed by atoms with Gasteiger partial charge in [0.15, 0.2) is 0 Å². The largest absolute Gasteiger partial charge is 0.465 e. The molecule has 0 spiro atoms. The summed E-state index contributed by atoms with van der Waals surface area (Å²) in [6, 6.07) is 2.03. The van der Waals surface area contributed by atoms with Crippen LogP contribution in [-0.2, 0) is 0 Å². The van der Waals surface area contributed by atoms with Crippen molar-refractivity contribution in [1.82, 2.24) is 30.1 Å². The van der Waals surface area contributed by atoms with E-state index in [1.807, 2.05) is 12.3 Å². The maximum absolute atomic E-state index is 10.7. The number of hydrogen-bond acceptors (Lipinski definition) is 4. The molecule has 1 aliphatic rings. The molecule has 4 rings (SSSR count). The Morgan fingerprint density at radius 2 is 2.18 bits per heavy atom. The maximum Gasteiger partial charge on any atom is 0.404 e. The van der Waals surface area contributed by atoms with E-state index in [0.717, 1.165) is 47.9 Å². The van der Waals surface area contributed by atoms with Crippen molar-refractivity contribution in [2.45, 2.75) is 37.6 Å². The lowest BCUT2D eigenvalue weighted by Gasteiger charge is -2.27. The van der Waals surface area contributed by atoms with E-state index >= 15 is 0 Å². The predicted octanol–water partition coefficient (Wildman–Crippen LogP) is 1.90. The fourth-order valence-corrected chi connectivity index (χ4v) is 3.38. The first-order valence-corrected chi connectivity index (χ1v) is 7.39. The number of aromatic nitrogens is 5. The number of nitrogens with one attached hydrogen (secondary N) is 2. The minimum atomic E-state index is -0.947. The number of rotatable bonds is 2. The number of H-pyrrole nitrogens is 1. The zero-order valence-electron chi connectivity index (χ0n) is 11.9. The molecule has 8 nitrogen and oxygen atoms in total. The standard InChI is InChI=1S/C14H16N6O2/c21-14(22)17-9-3-1-8(2-4-9)11-12-10-5-6-15-13(10)16-7-20(12)19-18-11/h5-9,15,17H,1-4H2,(H,21,22)/t8-,9-. The van der Waals surface area contributed by atoms with Gasteiger partial charge in [-0.05, 0) is 31.7 Å². The van der Waals surface area contributed by atoms with Crippen LogP contribution in [0.4, 0.5) is 4.79 Å². The Labute approximate surface area is 125 Å². The van der Waals surface area contributed by atoms with Crippen LogP contribution in [0, 0.1) is 0 Å². The zero-order valence-corrected chi connectivity index (χ0v) is 11.9. The van der Waals surface area contributed by atoms with E-state index in [-0.39, 0.29) is 6.04 Å². The van der Waals surface area contributed by atoms with E-state index in [0.29, 0.717) is 5.92 Å². The highest BCUT2D eigenvalue weighted by Gasteiger charge is 2.27. The molecule has 1 aliphatic carbocycles. The van der Waals surface area contributed by atoms with E-state index in [2.05, 4.69) is 25.6 Å². The van der Waals surface area contributed by atoms with Crippen molar-refractivity contribution in [3.63, 3.8) is 0 Å². The van der Waals surface area contributed by atoms with Crippen molar-refractivity contribution < 1.29 is 9.90 Å². The van der Waals surface area contributed by atoms with Gasteiger partial charge in [-0.25, -0.2) is 14.3 Å². The van der Waals surface area contributed by atoms with Crippen LogP contribution in [0.2, 0.25) is 0 Å². The Bertz CT molecular complexity index is 830. The maximum atomic E-state index is 10.7. The van der Waals surface area contributed by atoms with Gasteiger partial charge in [-0.2, -0.15) is 0 Å². The van der Waals surface area contributed by atoms with Gasteiger partial charge in [-0.15, -0.1) is 5.10 Å². The smallest absolute Gasteiger partial charge is 0.404 e. The van der Waals surface area contributed by atoms with Gasteiger partial charge < -0.3 is 15.4 Å². The van der Waals surface area contributed by atoms with Gasteiger partial charge in [0.2, 0.25) is 0 Å². The van der Waals surface area contributed by atoms with E-state index < -0.39 is 6.09 Å². The van der Waals surface area contributed by atoms with Crippen LogP contribution in [-0.4, -0.2) is 42.0 Å². The van der Waals surface area contributed by atoms with Crippen LogP contribution in [0.5, 0.6) is 0 Å². The van der Waals surface area contributed by atoms with Crippen molar-refractivity contribution in [1.29, 1.82) is 0 Å². The summed E-state index contributed by atoms with van der Waals surface area (Å²) < 4.78 is 1.72. The van der Waals surface area contributed by atoms with Crippen molar-refractivity contribution in [3.8, 4) is 0 Å². The van der Waals surface area contributed by atoms with E-state index in [4.69, 9.17) is 5.11 Å². The topological polar surface area (TPSA) is 108 Å². The summed E-state index contributed by atoms with van der Waals surface area (Å²) in [5.74, 6) is 0.310. The summed E-state index contributed by atoms with van der Waals surface area (Å²) in [7, 11) is 0. The van der Waals surface area contributed by atoms with Crippen molar-refractivity contribution >= 4 is 22.6 Å². The minimum absolute atomic E-state index is 0.0459. The fraction of sp³-hybridized carbons (Fsp3) is 0.429. The van der Waals surface area contributed by atoms with E-state index in [9.17, 15) is 4.79 Å².